The molecule has 0 bridgehead atoms. The number of halogens is 20. The van der Waals surface area contributed by atoms with Gasteiger partial charge in [-0.2, -0.15) is 39.5 Å². The number of oxime groups is 2. The first-order valence-electron chi connectivity index (χ1n) is 24.1. The minimum Gasteiger partial charge on any atom is -0.423 e. The SMILES string of the molecule is C=C(Br)C(F)(F)F.C=C(c1cc(F)c(F)c(Cl)c1)C(F)(F)F.CC1(C)OB(O)c2ccc(C3=NOC(c4cc(F)c(F)c(Cl)c4)(C(F)(F)F)C3)cc21.CC1(C)OB(c2cc(F)c(F)c(Cl)c2)OC1(C)C.CC1(C)ON(O)c2ccc(C(Cl)=NO)cc21. The summed E-state index contributed by atoms with van der Waals surface area (Å²) in [5.74, 6) is -7.86. The molecule has 0 saturated carbocycles. The van der Waals surface area contributed by atoms with Crippen LogP contribution in [0.2, 0.25) is 15.1 Å². The van der Waals surface area contributed by atoms with Gasteiger partial charge in [0.05, 0.1) is 47.6 Å². The standard InChI is InChI=1S/C19H14BClF5NO3.C12H14BClF2O2.C10H11ClN2O3.C9H4ClF5.C3H2BrF3/c1-17(2)11-5-9(3-4-12(11)20(28)29-17)15-8-18(30-27-15,19(24,25)26)10-6-13(21)16(23)14(22)7-10;1-11(2)12(3,4)18-13(17-11)7-5-8(14)10(16)9(15)6-7;1-10(2)7-5-6(9(11)12-14)3-4-8(7)13(15)16-10;1-4(9(13,14)15)5-2-6(10)8(12)7(11)3-5;1-2(4)3(5,6)7/h3-7,28H,8H2,1-2H3;5-6H,1-4H3;3-5,14-15H,1-2H3;2-3H,1H2;1H2. The van der Waals surface area contributed by atoms with Gasteiger partial charge in [0.25, 0.3) is 5.60 Å². The van der Waals surface area contributed by atoms with E-state index in [9.17, 15) is 76.1 Å². The zero-order chi connectivity index (χ0) is 65.6. The zero-order valence-electron chi connectivity index (χ0n) is 45.5. The van der Waals surface area contributed by atoms with E-state index in [1.807, 2.05) is 41.5 Å². The van der Waals surface area contributed by atoms with Crippen molar-refractivity contribution in [2.24, 2.45) is 10.3 Å². The predicted octanol–water partition coefficient (Wildman–Crippen LogP) is 16.2. The maximum atomic E-state index is 14.0. The molecule has 33 heteroatoms. The van der Waals surface area contributed by atoms with E-state index in [1.54, 1.807) is 38.1 Å². The van der Waals surface area contributed by atoms with Crippen LogP contribution in [-0.4, -0.2) is 70.3 Å². The summed E-state index contributed by atoms with van der Waals surface area (Å²) in [6.07, 6.45) is -14.8. The summed E-state index contributed by atoms with van der Waals surface area (Å²) < 4.78 is 207. The average molecular weight is 1380 g/mol. The van der Waals surface area contributed by atoms with Gasteiger partial charge in [-0.15, -0.1) is 5.23 Å². The summed E-state index contributed by atoms with van der Waals surface area (Å²) in [7, 11) is -1.90. The van der Waals surface area contributed by atoms with Crippen molar-refractivity contribution < 1.29 is 105 Å². The predicted molar refractivity (Wildman–Crippen MR) is 296 cm³/mol. The van der Waals surface area contributed by atoms with Gasteiger partial charge >= 0.3 is 32.8 Å². The molecule has 1 unspecified atom stereocenters. The molecule has 0 radical (unpaired) electrons. The summed E-state index contributed by atoms with van der Waals surface area (Å²) >= 11 is 24.2. The van der Waals surface area contributed by atoms with E-state index in [1.165, 1.54) is 18.2 Å². The number of benzene rings is 5. The Labute approximate surface area is 509 Å². The lowest BCUT2D eigenvalue weighted by Gasteiger charge is -2.32. The van der Waals surface area contributed by atoms with E-state index in [2.05, 4.69) is 39.4 Å². The second-order valence-electron chi connectivity index (χ2n) is 20.7. The molecule has 0 amide bonds. The summed E-state index contributed by atoms with van der Waals surface area (Å²) in [6.45, 7) is 19.9. The molecule has 0 spiro atoms. The van der Waals surface area contributed by atoms with Crippen molar-refractivity contribution in [2.45, 2.75) is 108 Å². The summed E-state index contributed by atoms with van der Waals surface area (Å²) in [5.41, 5.74) is -4.53. The molecule has 4 heterocycles. The van der Waals surface area contributed by atoms with Crippen LogP contribution in [0.3, 0.4) is 0 Å². The fraction of sp³-hybridized carbons (Fsp3) is 0.321. The van der Waals surface area contributed by atoms with Gasteiger partial charge in [0, 0.05) is 23.1 Å². The number of hydrogen-bond acceptors (Lipinski definition) is 11. The summed E-state index contributed by atoms with van der Waals surface area (Å²) in [6, 6.07) is 14.1. The Morgan fingerprint density at radius 3 is 1.65 bits per heavy atom. The van der Waals surface area contributed by atoms with Gasteiger partial charge in [0.1, 0.15) is 11.3 Å². The Balaban J connectivity index is 0.000000210. The molecule has 4 aliphatic rings. The largest absolute Gasteiger partial charge is 0.494 e. The Bertz CT molecular complexity index is 3400. The molecule has 1 saturated heterocycles. The lowest BCUT2D eigenvalue weighted by atomic mass is 9.77. The van der Waals surface area contributed by atoms with Gasteiger partial charge < -0.3 is 29.0 Å². The molecule has 0 aliphatic carbocycles. The molecule has 0 aromatic heterocycles. The number of anilines is 1. The first-order valence-corrected chi connectivity index (χ1v) is 26.4. The normalized spacial score (nSPS) is 18.8. The maximum Gasteiger partial charge on any atom is 0.494 e. The highest BCUT2D eigenvalue weighted by atomic mass is 79.9. The molecular formula is C53H45B2BrCl4F15N3O8. The van der Waals surface area contributed by atoms with Crippen molar-refractivity contribution in [3.8, 4) is 0 Å². The third-order valence-electron chi connectivity index (χ3n) is 13.3. The van der Waals surface area contributed by atoms with Gasteiger partial charge in [-0.3, -0.25) is 5.21 Å². The molecule has 1 atom stereocenters. The summed E-state index contributed by atoms with van der Waals surface area (Å²) in [4.78, 5) is 10.1. The van der Waals surface area contributed by atoms with Gasteiger partial charge in [-0.25, -0.2) is 31.2 Å². The fourth-order valence-corrected chi connectivity index (χ4v) is 8.74. The Morgan fingerprint density at radius 2 is 1.17 bits per heavy atom. The summed E-state index contributed by atoms with van der Waals surface area (Å²) in [5, 5.41) is 33.5. The van der Waals surface area contributed by atoms with Crippen LogP contribution in [0, 0.1) is 34.9 Å². The quantitative estimate of drug-likeness (QED) is 0.0393. The third-order valence-corrected chi connectivity index (χ3v) is 14.9. The van der Waals surface area contributed by atoms with Crippen LogP contribution in [0.1, 0.15) is 95.2 Å². The van der Waals surface area contributed by atoms with E-state index in [4.69, 9.17) is 75.2 Å². The Kier molecular flexibility index (Phi) is 21.7. The Hall–Kier alpha value is -5.20. The van der Waals surface area contributed by atoms with E-state index in [-0.39, 0.29) is 15.9 Å². The highest BCUT2D eigenvalue weighted by molar-refractivity contribution is 9.11. The number of alkyl halides is 9. The van der Waals surface area contributed by atoms with Crippen LogP contribution in [-0.2, 0) is 40.4 Å². The third kappa shape index (κ3) is 15.8. The minimum absolute atomic E-state index is 0.00464. The number of rotatable bonds is 5. The van der Waals surface area contributed by atoms with Crippen LogP contribution in [0.5, 0.6) is 0 Å². The van der Waals surface area contributed by atoms with Crippen molar-refractivity contribution in [2.75, 3.05) is 5.23 Å². The van der Waals surface area contributed by atoms with Gasteiger partial charge in [0.15, 0.2) is 40.1 Å². The monoisotopic (exact) mass is 1380 g/mol. The lowest BCUT2D eigenvalue weighted by molar-refractivity contribution is -0.276. The highest BCUT2D eigenvalue weighted by Crippen LogP contribution is 2.50. The van der Waals surface area contributed by atoms with Gasteiger partial charge in [0.2, 0.25) is 0 Å². The first kappa shape index (κ1) is 71.6. The van der Waals surface area contributed by atoms with E-state index < -0.39 is 133 Å². The van der Waals surface area contributed by atoms with Crippen LogP contribution >= 0.6 is 62.3 Å². The van der Waals surface area contributed by atoms with Crippen molar-refractivity contribution in [1.29, 1.82) is 0 Å². The van der Waals surface area contributed by atoms with Crippen LogP contribution < -0.4 is 16.2 Å². The van der Waals surface area contributed by atoms with E-state index in [0.29, 0.717) is 57.6 Å². The molecule has 466 valence electrons. The topological polar surface area (TPSA) is 135 Å². The van der Waals surface area contributed by atoms with Crippen LogP contribution in [0.25, 0.3) is 5.57 Å². The van der Waals surface area contributed by atoms with Crippen molar-refractivity contribution in [3.63, 3.8) is 0 Å². The first-order chi connectivity index (χ1) is 39.1. The number of fused-ring (bicyclic) bond motifs is 2. The number of nitrogens with zero attached hydrogens (tertiary/aromatic N) is 3. The molecule has 9 rings (SSSR count). The number of allylic oxidation sites excluding steroid dienone is 2. The average Bonchev–Trinajstić information content (AvgIpc) is 1.59. The van der Waals surface area contributed by atoms with Crippen LogP contribution in [0.4, 0.5) is 71.5 Å². The molecule has 3 N–H and O–H groups in total. The molecular weight excluding hydrogens is 1330 g/mol. The van der Waals surface area contributed by atoms with Crippen molar-refractivity contribution in [3.05, 3.63) is 174 Å². The maximum absolute atomic E-state index is 14.0. The minimum atomic E-state index is -5.00. The molecule has 1 fully saturated rings. The smallest absolute Gasteiger partial charge is 0.423 e. The van der Waals surface area contributed by atoms with Gasteiger partial charge in [-0.1, -0.05) is 82.0 Å². The molecule has 86 heavy (non-hydrogen) atoms. The molecule has 11 nitrogen and oxygen atoms in total. The van der Waals surface area contributed by atoms with Crippen molar-refractivity contribution >= 4 is 110 Å². The van der Waals surface area contributed by atoms with E-state index in [0.717, 1.165) is 16.9 Å². The van der Waals surface area contributed by atoms with Crippen molar-refractivity contribution in [1.82, 2.24) is 0 Å². The molecule has 4 aliphatic heterocycles. The second-order valence-corrected chi connectivity index (χ2v) is 23.2. The second kappa shape index (κ2) is 26.1. The van der Waals surface area contributed by atoms with E-state index >= 15 is 0 Å². The molecule has 5 aromatic rings. The fourth-order valence-electron chi connectivity index (χ4n) is 8.00. The van der Waals surface area contributed by atoms with Crippen LogP contribution in [0.15, 0.2) is 101 Å². The molecule has 5 aromatic carbocycles. The zero-order valence-corrected chi connectivity index (χ0v) is 50.1. The lowest BCUT2D eigenvalue weighted by Crippen LogP contribution is -2.42. The van der Waals surface area contributed by atoms with Gasteiger partial charge in [-0.05, 0) is 160 Å². The number of hydrogen-bond donors (Lipinski definition) is 3. The Morgan fingerprint density at radius 1 is 0.663 bits per heavy atom. The highest BCUT2D eigenvalue weighted by Gasteiger charge is 2.63.